The number of benzene rings is 1. The smallest absolute Gasteiger partial charge is 0.338 e. The monoisotopic (exact) mass is 401 g/mol. The number of esters is 1. The largest absolute Gasteiger partial charge is 0.484 e. The van der Waals surface area contributed by atoms with E-state index in [9.17, 15) is 14.4 Å². The van der Waals surface area contributed by atoms with Crippen LogP contribution in [0.15, 0.2) is 29.1 Å². The summed E-state index contributed by atoms with van der Waals surface area (Å²) in [7, 11) is 0. The van der Waals surface area contributed by atoms with Crippen molar-refractivity contribution in [2.24, 2.45) is 5.73 Å². The number of ether oxygens (including phenoxy) is 2. The Hall–Kier alpha value is -3.20. The highest BCUT2D eigenvalue weighted by Gasteiger charge is 2.19. The third kappa shape index (κ3) is 4.04. The van der Waals surface area contributed by atoms with Crippen LogP contribution in [-0.4, -0.2) is 28.5 Å². The lowest BCUT2D eigenvalue weighted by molar-refractivity contribution is -0.119. The second kappa shape index (κ2) is 7.81. The first kappa shape index (κ1) is 19.6. The van der Waals surface area contributed by atoms with Crippen LogP contribution in [0.5, 0.6) is 5.75 Å². The van der Waals surface area contributed by atoms with Crippen molar-refractivity contribution in [2.75, 3.05) is 6.61 Å². The van der Waals surface area contributed by atoms with Crippen molar-refractivity contribution in [2.45, 2.75) is 26.9 Å². The lowest BCUT2D eigenvalue weighted by atomic mass is 10.2. The molecule has 0 saturated heterocycles. The lowest BCUT2D eigenvalue weighted by Gasteiger charge is -2.13. The number of primary amides is 1. The summed E-state index contributed by atoms with van der Waals surface area (Å²) in [6, 6.07) is 6.09. The van der Waals surface area contributed by atoms with Crippen molar-refractivity contribution in [1.82, 2.24) is 9.97 Å². The molecule has 0 unspecified atom stereocenters. The molecule has 1 amide bonds. The number of hydrogen-bond donors (Lipinski definition) is 2. The molecule has 3 aromatic rings. The fraction of sp³-hybridized carbons (Fsp3) is 0.263. The van der Waals surface area contributed by atoms with Crippen molar-refractivity contribution in [3.05, 3.63) is 56.4 Å². The van der Waals surface area contributed by atoms with Gasteiger partial charge in [-0.3, -0.25) is 9.59 Å². The molecule has 0 aliphatic heterocycles. The van der Waals surface area contributed by atoms with Crippen LogP contribution in [0.1, 0.15) is 39.7 Å². The number of aromatic amines is 1. The molecule has 1 atom stereocenters. The van der Waals surface area contributed by atoms with Gasteiger partial charge in [-0.1, -0.05) is 0 Å². The van der Waals surface area contributed by atoms with Gasteiger partial charge in [-0.05, 0) is 50.6 Å². The van der Waals surface area contributed by atoms with Gasteiger partial charge >= 0.3 is 5.97 Å². The normalized spacial score (nSPS) is 12.0. The van der Waals surface area contributed by atoms with Crippen LogP contribution >= 0.6 is 11.3 Å². The summed E-state index contributed by atoms with van der Waals surface area (Å²) in [6.07, 6.45) is -0.738. The maximum atomic E-state index is 12.4. The van der Waals surface area contributed by atoms with E-state index in [-0.39, 0.29) is 18.0 Å². The summed E-state index contributed by atoms with van der Waals surface area (Å²) in [4.78, 5) is 44.2. The maximum absolute atomic E-state index is 12.4. The average Bonchev–Trinajstić information content (AvgIpc) is 2.94. The highest BCUT2D eigenvalue weighted by atomic mass is 32.1. The Morgan fingerprint density at radius 2 is 1.93 bits per heavy atom. The first-order valence-electron chi connectivity index (χ1n) is 8.48. The molecule has 0 aliphatic carbocycles. The number of amides is 1. The Morgan fingerprint density at radius 3 is 2.57 bits per heavy atom. The predicted molar refractivity (Wildman–Crippen MR) is 105 cm³/mol. The third-order valence-corrected chi connectivity index (χ3v) is 5.30. The second-order valence-electron chi connectivity index (χ2n) is 6.24. The number of carbonyl (C=O) groups is 2. The molecule has 8 nitrogen and oxygen atoms in total. The summed E-state index contributed by atoms with van der Waals surface area (Å²) >= 11 is 1.43. The van der Waals surface area contributed by atoms with Gasteiger partial charge in [-0.25, -0.2) is 9.78 Å². The Morgan fingerprint density at radius 1 is 1.25 bits per heavy atom. The van der Waals surface area contributed by atoms with Gasteiger partial charge in [-0.2, -0.15) is 0 Å². The summed E-state index contributed by atoms with van der Waals surface area (Å²) in [5, 5.41) is 0.566. The van der Waals surface area contributed by atoms with Crippen LogP contribution < -0.4 is 16.0 Å². The SMILES string of the molecule is Cc1sc2nc([C@H](C)OC(=O)c3ccc(OCC(N)=O)cc3)[nH]c(=O)c2c1C. The number of rotatable bonds is 6. The number of nitrogens with one attached hydrogen (secondary N) is 1. The van der Waals surface area contributed by atoms with Gasteiger partial charge in [0.25, 0.3) is 11.5 Å². The van der Waals surface area contributed by atoms with E-state index < -0.39 is 18.0 Å². The van der Waals surface area contributed by atoms with E-state index in [0.717, 1.165) is 10.4 Å². The zero-order valence-electron chi connectivity index (χ0n) is 15.6. The number of aryl methyl sites for hydroxylation is 2. The number of fused-ring (bicyclic) bond motifs is 1. The molecule has 2 heterocycles. The molecule has 9 heteroatoms. The molecule has 0 bridgehead atoms. The van der Waals surface area contributed by atoms with E-state index in [2.05, 4.69) is 9.97 Å². The molecule has 3 rings (SSSR count). The Balaban J connectivity index is 1.74. The zero-order chi connectivity index (χ0) is 20.4. The standard InChI is InChI=1S/C19H19N3O5S/c1-9-11(3)28-18-15(9)17(24)21-16(22-18)10(2)27-19(25)12-4-6-13(7-5-12)26-8-14(20)23/h4-7,10H,8H2,1-3H3,(H2,20,23)(H,21,22,24)/t10-/m0/s1. The van der Waals surface area contributed by atoms with E-state index in [4.69, 9.17) is 15.2 Å². The number of aromatic nitrogens is 2. The summed E-state index contributed by atoms with van der Waals surface area (Å²) in [5.74, 6) is -0.473. The molecule has 0 saturated carbocycles. The highest BCUT2D eigenvalue weighted by Crippen LogP contribution is 2.27. The average molecular weight is 401 g/mol. The predicted octanol–water partition coefficient (Wildman–Crippen LogP) is 2.38. The van der Waals surface area contributed by atoms with Crippen LogP contribution in [0.2, 0.25) is 0 Å². The van der Waals surface area contributed by atoms with Crippen LogP contribution in [0.3, 0.4) is 0 Å². The maximum Gasteiger partial charge on any atom is 0.338 e. The third-order valence-electron chi connectivity index (χ3n) is 4.20. The summed E-state index contributed by atoms with van der Waals surface area (Å²) in [5.41, 5.74) is 5.97. The van der Waals surface area contributed by atoms with Crippen molar-refractivity contribution >= 4 is 33.4 Å². The number of H-pyrrole nitrogens is 1. The topological polar surface area (TPSA) is 124 Å². The number of thiophene rings is 1. The van der Waals surface area contributed by atoms with Gasteiger partial charge in [-0.15, -0.1) is 11.3 Å². The molecule has 0 spiro atoms. The van der Waals surface area contributed by atoms with Gasteiger partial charge in [0.05, 0.1) is 10.9 Å². The Bertz CT molecular complexity index is 1100. The van der Waals surface area contributed by atoms with Gasteiger partial charge in [0, 0.05) is 4.88 Å². The van der Waals surface area contributed by atoms with Crippen LogP contribution in [0.4, 0.5) is 0 Å². The van der Waals surface area contributed by atoms with Crippen LogP contribution in [-0.2, 0) is 9.53 Å². The molecule has 1 aromatic carbocycles. The van der Waals surface area contributed by atoms with Crippen molar-refractivity contribution in [1.29, 1.82) is 0 Å². The van der Waals surface area contributed by atoms with E-state index in [1.165, 1.54) is 35.6 Å². The van der Waals surface area contributed by atoms with Gasteiger partial charge < -0.3 is 20.2 Å². The minimum Gasteiger partial charge on any atom is -0.484 e. The van der Waals surface area contributed by atoms with Gasteiger partial charge in [0.1, 0.15) is 10.6 Å². The van der Waals surface area contributed by atoms with E-state index in [1.54, 1.807) is 6.92 Å². The number of carbonyl (C=O) groups excluding carboxylic acids is 2. The molecule has 0 fully saturated rings. The quantitative estimate of drug-likeness (QED) is 0.611. The lowest BCUT2D eigenvalue weighted by Crippen LogP contribution is -2.20. The molecular weight excluding hydrogens is 382 g/mol. The minimum absolute atomic E-state index is 0.246. The van der Waals surface area contributed by atoms with Crippen molar-refractivity contribution in [3.8, 4) is 5.75 Å². The fourth-order valence-electron chi connectivity index (χ4n) is 2.59. The number of nitrogens with two attached hydrogens (primary N) is 1. The van der Waals surface area contributed by atoms with Crippen LogP contribution in [0, 0.1) is 13.8 Å². The summed E-state index contributed by atoms with van der Waals surface area (Å²) in [6.45, 7) is 5.20. The first-order valence-corrected chi connectivity index (χ1v) is 9.30. The number of nitrogens with zero attached hydrogens (tertiary/aromatic N) is 1. The molecule has 146 valence electrons. The number of hydrogen-bond acceptors (Lipinski definition) is 7. The molecule has 28 heavy (non-hydrogen) atoms. The minimum atomic E-state index is -0.738. The Kier molecular flexibility index (Phi) is 5.46. The molecular formula is C19H19N3O5S. The van der Waals surface area contributed by atoms with Gasteiger partial charge in [0.2, 0.25) is 0 Å². The summed E-state index contributed by atoms with van der Waals surface area (Å²) < 4.78 is 10.6. The van der Waals surface area contributed by atoms with Crippen molar-refractivity contribution < 1.29 is 19.1 Å². The van der Waals surface area contributed by atoms with Gasteiger partial charge in [0.15, 0.2) is 18.5 Å². The van der Waals surface area contributed by atoms with E-state index in [0.29, 0.717) is 21.5 Å². The Labute approximate surface area is 164 Å². The zero-order valence-corrected chi connectivity index (χ0v) is 16.4. The second-order valence-corrected chi connectivity index (χ2v) is 7.44. The van der Waals surface area contributed by atoms with Crippen molar-refractivity contribution in [3.63, 3.8) is 0 Å². The molecule has 2 aromatic heterocycles. The van der Waals surface area contributed by atoms with Crippen LogP contribution in [0.25, 0.3) is 10.2 Å². The molecule has 0 radical (unpaired) electrons. The fourth-order valence-corrected chi connectivity index (χ4v) is 3.63. The van der Waals surface area contributed by atoms with E-state index >= 15 is 0 Å². The van der Waals surface area contributed by atoms with E-state index in [1.807, 2.05) is 13.8 Å². The first-order chi connectivity index (χ1) is 13.3. The highest BCUT2D eigenvalue weighted by molar-refractivity contribution is 7.18. The molecule has 3 N–H and O–H groups in total. The molecule has 0 aliphatic rings.